The molecular weight excluding hydrogens is 262 g/mol. The Bertz CT molecular complexity index is 460. The average Bonchev–Trinajstić information content (AvgIpc) is 2.87. The number of thioether (sulfide) groups is 1. The number of anilines is 1. The molecule has 2 N–H and O–H groups in total. The molecule has 0 bridgehead atoms. The minimum absolute atomic E-state index is 0.317. The van der Waals surface area contributed by atoms with Crippen LogP contribution in [0, 0.1) is 5.92 Å². The van der Waals surface area contributed by atoms with Crippen LogP contribution in [0.25, 0.3) is 0 Å². The van der Waals surface area contributed by atoms with Gasteiger partial charge in [0.05, 0.1) is 5.92 Å². The zero-order valence-corrected chi connectivity index (χ0v) is 10.4. The van der Waals surface area contributed by atoms with E-state index in [1.165, 1.54) is 11.3 Å². The van der Waals surface area contributed by atoms with E-state index in [1.807, 2.05) is 0 Å². The Balaban J connectivity index is 2.00. The van der Waals surface area contributed by atoms with E-state index >= 15 is 0 Å². The number of hydrogen-bond acceptors (Lipinski definition) is 6. The fourth-order valence-electron chi connectivity index (χ4n) is 1.34. The molecule has 2 unspecified atom stereocenters. The van der Waals surface area contributed by atoms with Gasteiger partial charge in [-0.05, 0) is 0 Å². The van der Waals surface area contributed by atoms with E-state index in [2.05, 4.69) is 15.6 Å². The molecule has 1 aliphatic heterocycles. The third-order valence-electron chi connectivity index (χ3n) is 2.25. The van der Waals surface area contributed by atoms with Crippen molar-refractivity contribution in [3.8, 4) is 0 Å². The number of imide groups is 1. The highest BCUT2D eigenvalue weighted by Gasteiger charge is 2.39. The van der Waals surface area contributed by atoms with Gasteiger partial charge in [0.2, 0.25) is 11.8 Å². The first-order valence-electron chi connectivity index (χ1n) is 4.80. The van der Waals surface area contributed by atoms with Crippen molar-refractivity contribution in [2.45, 2.75) is 12.2 Å². The van der Waals surface area contributed by atoms with Crippen LogP contribution in [0.15, 0.2) is 11.6 Å². The summed E-state index contributed by atoms with van der Waals surface area (Å²) < 4.78 is 0. The van der Waals surface area contributed by atoms with Gasteiger partial charge in [0.15, 0.2) is 5.13 Å². The van der Waals surface area contributed by atoms with Crippen molar-refractivity contribution in [3.63, 3.8) is 0 Å². The molecule has 0 aromatic carbocycles. The molecule has 2 heterocycles. The van der Waals surface area contributed by atoms with Crippen LogP contribution >= 0.6 is 23.1 Å². The van der Waals surface area contributed by atoms with Gasteiger partial charge in [0, 0.05) is 11.6 Å². The third kappa shape index (κ3) is 2.64. The zero-order chi connectivity index (χ0) is 12.4. The van der Waals surface area contributed by atoms with Crippen molar-refractivity contribution >= 4 is 45.3 Å². The maximum Gasteiger partial charge on any atom is 0.286 e. The molecule has 6 nitrogen and oxygen atoms in total. The monoisotopic (exact) mass is 271 g/mol. The molecule has 1 fully saturated rings. The summed E-state index contributed by atoms with van der Waals surface area (Å²) in [6, 6.07) is 0. The van der Waals surface area contributed by atoms with Gasteiger partial charge in [-0.15, -0.1) is 11.3 Å². The van der Waals surface area contributed by atoms with Crippen LogP contribution in [-0.2, 0) is 9.59 Å². The molecule has 1 aromatic rings. The van der Waals surface area contributed by atoms with Crippen molar-refractivity contribution < 1.29 is 14.4 Å². The summed E-state index contributed by atoms with van der Waals surface area (Å²) in [4.78, 5) is 38.1. The quantitative estimate of drug-likeness (QED) is 0.858. The highest BCUT2D eigenvalue weighted by molar-refractivity contribution is 8.15. The summed E-state index contributed by atoms with van der Waals surface area (Å²) in [5.41, 5.74) is 0. The molecule has 90 valence electrons. The summed E-state index contributed by atoms with van der Waals surface area (Å²) in [6.45, 7) is 1.61. The number of rotatable bonds is 3. The zero-order valence-electron chi connectivity index (χ0n) is 8.80. The van der Waals surface area contributed by atoms with Gasteiger partial charge < -0.3 is 5.32 Å². The lowest BCUT2D eigenvalue weighted by Gasteiger charge is -2.13. The molecule has 1 aliphatic rings. The Hall–Kier alpha value is -1.41. The Kier molecular flexibility index (Phi) is 3.43. The molecule has 1 aromatic heterocycles. The standard InChI is InChI=1S/C9H9N3O3S2/c1-4(5-7(14)12-9(15)17-5)6(13)11-8-10-2-3-16-8/h2-5H,1H3,(H,10,11,13)(H,12,14,15). The largest absolute Gasteiger partial charge is 0.302 e. The molecular formula is C9H9N3O3S2. The highest BCUT2D eigenvalue weighted by Crippen LogP contribution is 2.27. The smallest absolute Gasteiger partial charge is 0.286 e. The molecule has 0 aliphatic carbocycles. The molecule has 3 amide bonds. The Morgan fingerprint density at radius 3 is 2.88 bits per heavy atom. The molecule has 8 heteroatoms. The Morgan fingerprint density at radius 1 is 1.59 bits per heavy atom. The van der Waals surface area contributed by atoms with E-state index in [0.29, 0.717) is 5.13 Å². The van der Waals surface area contributed by atoms with Crippen LogP contribution in [0.3, 0.4) is 0 Å². The number of thiazole rings is 1. The molecule has 0 radical (unpaired) electrons. The van der Waals surface area contributed by atoms with Gasteiger partial charge in [-0.1, -0.05) is 18.7 Å². The number of aromatic nitrogens is 1. The van der Waals surface area contributed by atoms with E-state index < -0.39 is 22.3 Å². The summed E-state index contributed by atoms with van der Waals surface area (Å²) in [7, 11) is 0. The second kappa shape index (κ2) is 4.84. The van der Waals surface area contributed by atoms with E-state index in [-0.39, 0.29) is 5.91 Å². The van der Waals surface area contributed by atoms with E-state index in [4.69, 9.17) is 0 Å². The van der Waals surface area contributed by atoms with Gasteiger partial charge in [-0.2, -0.15) is 0 Å². The first kappa shape index (κ1) is 12.1. The highest BCUT2D eigenvalue weighted by atomic mass is 32.2. The van der Waals surface area contributed by atoms with Crippen LogP contribution in [-0.4, -0.2) is 27.3 Å². The fourth-order valence-corrected chi connectivity index (χ4v) is 2.76. The van der Waals surface area contributed by atoms with Crippen molar-refractivity contribution in [2.24, 2.45) is 5.92 Å². The lowest BCUT2D eigenvalue weighted by atomic mass is 10.1. The van der Waals surface area contributed by atoms with Gasteiger partial charge in [0.25, 0.3) is 5.24 Å². The van der Waals surface area contributed by atoms with E-state index in [0.717, 1.165) is 11.8 Å². The SMILES string of the molecule is CC(C(=O)Nc1nccs1)C1SC(=O)NC1=O. The normalized spacial score (nSPS) is 21.1. The third-order valence-corrected chi connectivity index (χ3v) is 4.13. The number of hydrogen-bond donors (Lipinski definition) is 2. The molecule has 2 rings (SSSR count). The van der Waals surface area contributed by atoms with Crippen molar-refractivity contribution in [2.75, 3.05) is 5.32 Å². The van der Waals surface area contributed by atoms with Crippen LogP contribution in [0.1, 0.15) is 6.92 Å². The number of nitrogens with zero attached hydrogens (tertiary/aromatic N) is 1. The van der Waals surface area contributed by atoms with Crippen LogP contribution in [0.2, 0.25) is 0 Å². The van der Waals surface area contributed by atoms with Crippen molar-refractivity contribution in [3.05, 3.63) is 11.6 Å². The van der Waals surface area contributed by atoms with Gasteiger partial charge >= 0.3 is 0 Å². The number of carbonyl (C=O) groups is 3. The van der Waals surface area contributed by atoms with Crippen LogP contribution in [0.4, 0.5) is 9.93 Å². The van der Waals surface area contributed by atoms with E-state index in [1.54, 1.807) is 18.5 Å². The molecule has 0 spiro atoms. The number of nitrogens with one attached hydrogen (secondary N) is 2. The van der Waals surface area contributed by atoms with Gasteiger partial charge in [-0.25, -0.2) is 4.98 Å². The summed E-state index contributed by atoms with van der Waals surface area (Å²) in [6.07, 6.45) is 1.57. The minimum Gasteiger partial charge on any atom is -0.302 e. The maximum atomic E-state index is 11.8. The first-order valence-corrected chi connectivity index (χ1v) is 6.55. The number of carbonyl (C=O) groups excluding carboxylic acids is 3. The number of amides is 3. The van der Waals surface area contributed by atoms with Crippen molar-refractivity contribution in [1.29, 1.82) is 0 Å². The predicted molar refractivity (Wildman–Crippen MR) is 64.8 cm³/mol. The molecule has 1 saturated heterocycles. The fraction of sp³-hybridized carbons (Fsp3) is 0.333. The molecule has 0 saturated carbocycles. The van der Waals surface area contributed by atoms with Gasteiger partial charge in [0.1, 0.15) is 5.25 Å². The predicted octanol–water partition coefficient (Wildman–Crippen LogP) is 1.07. The Labute approximate surface area is 105 Å². The second-order valence-corrected chi connectivity index (χ2v) is 5.44. The van der Waals surface area contributed by atoms with E-state index in [9.17, 15) is 14.4 Å². The van der Waals surface area contributed by atoms with Crippen LogP contribution in [0.5, 0.6) is 0 Å². The summed E-state index contributed by atoms with van der Waals surface area (Å²) in [5.74, 6) is -1.32. The second-order valence-electron chi connectivity index (χ2n) is 3.43. The molecule has 17 heavy (non-hydrogen) atoms. The van der Waals surface area contributed by atoms with Crippen LogP contribution < -0.4 is 10.6 Å². The summed E-state index contributed by atoms with van der Waals surface area (Å²) >= 11 is 2.14. The summed E-state index contributed by atoms with van der Waals surface area (Å²) in [5, 5.41) is 5.90. The molecule has 2 atom stereocenters. The van der Waals surface area contributed by atoms with Gasteiger partial charge in [-0.3, -0.25) is 19.7 Å². The topological polar surface area (TPSA) is 88.2 Å². The minimum atomic E-state index is -0.664. The first-order chi connectivity index (χ1) is 8.08. The lowest BCUT2D eigenvalue weighted by molar-refractivity contribution is -0.125. The Morgan fingerprint density at radius 2 is 2.35 bits per heavy atom. The average molecular weight is 271 g/mol. The lowest BCUT2D eigenvalue weighted by Crippen LogP contribution is -2.35. The van der Waals surface area contributed by atoms with Crippen molar-refractivity contribution in [1.82, 2.24) is 10.3 Å². The maximum absolute atomic E-state index is 11.8.